The van der Waals surface area contributed by atoms with Crippen LogP contribution in [0, 0.1) is 0 Å². The first-order valence-electron chi connectivity index (χ1n) is 5.88. The Morgan fingerprint density at radius 3 is 2.40 bits per heavy atom. The maximum Gasteiger partial charge on any atom is 0.411 e. The minimum Gasteiger partial charge on any atom is -0.367 e. The van der Waals surface area contributed by atoms with E-state index in [1.807, 2.05) is 6.26 Å². The predicted octanol–water partition coefficient (Wildman–Crippen LogP) is 2.74. The van der Waals surface area contributed by atoms with Crippen molar-refractivity contribution in [2.75, 3.05) is 18.6 Å². The van der Waals surface area contributed by atoms with Crippen molar-refractivity contribution in [3.63, 3.8) is 0 Å². The molecule has 0 atom stereocenters. The van der Waals surface area contributed by atoms with Crippen molar-refractivity contribution in [2.24, 2.45) is 0 Å². The molecule has 112 valence electrons. The van der Waals surface area contributed by atoms with Crippen molar-refractivity contribution in [2.45, 2.75) is 19.3 Å². The van der Waals surface area contributed by atoms with Gasteiger partial charge in [-0.15, -0.1) is 0 Å². The topological polar surface area (TPSA) is 38.3 Å². The minimum atomic E-state index is -4.30. The van der Waals surface area contributed by atoms with Gasteiger partial charge in [0.2, 0.25) is 5.91 Å². The number of halogens is 3. The van der Waals surface area contributed by atoms with Crippen LogP contribution in [0.4, 0.5) is 13.2 Å². The third kappa shape index (κ3) is 7.40. The molecule has 1 aromatic carbocycles. The number of carbonyl (C=O) groups is 1. The number of alkyl halides is 3. The average molecular weight is 307 g/mol. The molecular formula is C13H16F3NO2S. The predicted molar refractivity (Wildman–Crippen MR) is 72.4 cm³/mol. The van der Waals surface area contributed by atoms with E-state index in [9.17, 15) is 18.0 Å². The van der Waals surface area contributed by atoms with Gasteiger partial charge in [-0.25, -0.2) is 0 Å². The van der Waals surface area contributed by atoms with Crippen molar-refractivity contribution in [3.05, 3.63) is 35.4 Å². The molecule has 0 spiro atoms. The fourth-order valence-corrected chi connectivity index (χ4v) is 1.78. The van der Waals surface area contributed by atoms with E-state index in [4.69, 9.17) is 0 Å². The van der Waals surface area contributed by atoms with Crippen LogP contribution in [-0.4, -0.2) is 30.7 Å². The Morgan fingerprint density at radius 1 is 1.25 bits per heavy atom. The Hall–Kier alpha value is -1.21. The van der Waals surface area contributed by atoms with Crippen molar-refractivity contribution in [3.8, 4) is 0 Å². The van der Waals surface area contributed by atoms with Crippen LogP contribution in [-0.2, 0) is 22.7 Å². The Labute approximate surface area is 119 Å². The van der Waals surface area contributed by atoms with Crippen LogP contribution in [0.25, 0.3) is 0 Å². The summed E-state index contributed by atoms with van der Waals surface area (Å²) >= 11 is 1.44. The molecule has 0 fully saturated rings. The van der Waals surface area contributed by atoms with Crippen molar-refractivity contribution < 1.29 is 22.7 Å². The normalized spacial score (nSPS) is 11.4. The first-order chi connectivity index (χ1) is 9.40. The van der Waals surface area contributed by atoms with Gasteiger partial charge in [0.1, 0.15) is 6.61 Å². The molecule has 0 aliphatic rings. The molecule has 0 saturated carbocycles. The summed E-state index contributed by atoms with van der Waals surface area (Å²) in [4.78, 5) is 11.3. The Bertz CT molecular complexity index is 421. The van der Waals surface area contributed by atoms with E-state index in [0.29, 0.717) is 17.9 Å². The number of benzene rings is 1. The third-order valence-electron chi connectivity index (χ3n) is 2.32. The lowest BCUT2D eigenvalue weighted by Crippen LogP contribution is -2.24. The molecule has 0 heterocycles. The summed E-state index contributed by atoms with van der Waals surface area (Å²) in [5.41, 5.74) is 1.55. The number of hydrogen-bond donors (Lipinski definition) is 1. The van der Waals surface area contributed by atoms with Crippen LogP contribution in [0.15, 0.2) is 24.3 Å². The summed E-state index contributed by atoms with van der Waals surface area (Å²) < 4.78 is 40.2. The molecule has 0 radical (unpaired) electrons. The van der Waals surface area contributed by atoms with E-state index in [-0.39, 0.29) is 12.5 Å². The summed E-state index contributed by atoms with van der Waals surface area (Å²) in [7, 11) is 0. The maximum atomic E-state index is 11.9. The number of hydrogen-bond acceptors (Lipinski definition) is 3. The Morgan fingerprint density at radius 2 is 1.85 bits per heavy atom. The van der Waals surface area contributed by atoms with Crippen LogP contribution < -0.4 is 5.32 Å². The molecular weight excluding hydrogens is 291 g/mol. The van der Waals surface area contributed by atoms with Gasteiger partial charge in [0.05, 0.1) is 12.4 Å². The summed E-state index contributed by atoms with van der Waals surface area (Å²) in [6.45, 7) is -0.929. The van der Waals surface area contributed by atoms with Gasteiger partial charge in [-0.3, -0.25) is 4.79 Å². The molecule has 20 heavy (non-hydrogen) atoms. The fraction of sp³-hybridized carbons (Fsp3) is 0.462. The Balaban J connectivity index is 2.35. The van der Waals surface area contributed by atoms with Crippen LogP contribution >= 0.6 is 11.8 Å². The zero-order valence-electron chi connectivity index (χ0n) is 11.0. The fourth-order valence-electron chi connectivity index (χ4n) is 1.42. The summed E-state index contributed by atoms with van der Waals surface area (Å²) in [6, 6.07) is 6.89. The second-order valence-electron chi connectivity index (χ2n) is 4.13. The highest BCUT2D eigenvalue weighted by atomic mass is 32.2. The lowest BCUT2D eigenvalue weighted by atomic mass is 10.1. The highest BCUT2D eigenvalue weighted by Gasteiger charge is 2.27. The number of ether oxygens (including phenoxy) is 1. The molecule has 7 heteroatoms. The van der Waals surface area contributed by atoms with Crippen LogP contribution in [0.3, 0.4) is 0 Å². The van der Waals surface area contributed by atoms with E-state index >= 15 is 0 Å². The number of carbonyl (C=O) groups excluding carboxylic acids is 1. The van der Waals surface area contributed by atoms with E-state index in [1.165, 1.54) is 11.8 Å². The molecule has 0 unspecified atom stereocenters. The summed E-state index contributed by atoms with van der Waals surface area (Å²) in [5.74, 6) is 0.360. The largest absolute Gasteiger partial charge is 0.411 e. The molecule has 0 aliphatic heterocycles. The monoisotopic (exact) mass is 307 g/mol. The third-order valence-corrected chi connectivity index (χ3v) is 2.87. The number of thioether (sulfide) groups is 1. The number of rotatable bonds is 7. The lowest BCUT2D eigenvalue weighted by Gasteiger charge is -2.08. The van der Waals surface area contributed by atoms with Crippen molar-refractivity contribution >= 4 is 17.7 Å². The summed E-state index contributed by atoms with van der Waals surface area (Å²) in [6.07, 6.45) is -2.46. The van der Waals surface area contributed by atoms with Crippen LogP contribution in [0.2, 0.25) is 0 Å². The molecule has 0 saturated heterocycles. The van der Waals surface area contributed by atoms with Gasteiger partial charge in [0.15, 0.2) is 0 Å². The highest BCUT2D eigenvalue weighted by Crippen LogP contribution is 2.15. The summed E-state index contributed by atoms with van der Waals surface area (Å²) in [5, 5.41) is 2.74. The van der Waals surface area contributed by atoms with Gasteiger partial charge in [0, 0.05) is 6.54 Å². The maximum absolute atomic E-state index is 11.9. The smallest absolute Gasteiger partial charge is 0.367 e. The van der Waals surface area contributed by atoms with Gasteiger partial charge in [-0.05, 0) is 17.4 Å². The van der Waals surface area contributed by atoms with E-state index in [2.05, 4.69) is 10.1 Å². The number of nitrogens with one attached hydrogen (secondary N) is 1. The highest BCUT2D eigenvalue weighted by molar-refractivity contribution is 7.99. The second kappa shape index (κ2) is 8.16. The number of amides is 1. The van der Waals surface area contributed by atoms with E-state index in [0.717, 1.165) is 5.56 Å². The van der Waals surface area contributed by atoms with Gasteiger partial charge in [0.25, 0.3) is 0 Å². The van der Waals surface area contributed by atoms with Crippen LogP contribution in [0.1, 0.15) is 11.1 Å². The lowest BCUT2D eigenvalue weighted by molar-refractivity contribution is -0.176. The SMILES string of the molecule is CSCC(=O)NCc1ccc(COCC(F)(F)F)cc1. The van der Waals surface area contributed by atoms with E-state index < -0.39 is 12.8 Å². The quantitative estimate of drug-likeness (QED) is 0.842. The Kier molecular flexibility index (Phi) is 6.87. The second-order valence-corrected chi connectivity index (χ2v) is 5.00. The minimum absolute atomic E-state index is 0.0462. The molecule has 1 amide bonds. The first kappa shape index (κ1) is 16.8. The van der Waals surface area contributed by atoms with Crippen molar-refractivity contribution in [1.29, 1.82) is 0 Å². The molecule has 1 N–H and O–H groups in total. The molecule has 1 rings (SSSR count). The van der Waals surface area contributed by atoms with E-state index in [1.54, 1.807) is 24.3 Å². The van der Waals surface area contributed by atoms with Crippen molar-refractivity contribution in [1.82, 2.24) is 5.32 Å². The zero-order valence-corrected chi connectivity index (χ0v) is 11.8. The molecule has 1 aromatic rings. The zero-order chi connectivity index (χ0) is 15.0. The molecule has 0 aromatic heterocycles. The van der Waals surface area contributed by atoms with Gasteiger partial charge in [-0.2, -0.15) is 24.9 Å². The van der Waals surface area contributed by atoms with Gasteiger partial charge in [-0.1, -0.05) is 24.3 Å². The molecule has 0 aliphatic carbocycles. The van der Waals surface area contributed by atoms with Gasteiger partial charge < -0.3 is 10.1 Å². The average Bonchev–Trinajstić information content (AvgIpc) is 2.37. The van der Waals surface area contributed by atoms with Gasteiger partial charge >= 0.3 is 6.18 Å². The molecule has 3 nitrogen and oxygen atoms in total. The first-order valence-corrected chi connectivity index (χ1v) is 7.28. The molecule has 0 bridgehead atoms. The van der Waals surface area contributed by atoms with Crippen LogP contribution in [0.5, 0.6) is 0 Å². The standard InChI is InChI=1S/C13H16F3NO2S/c1-20-8-12(18)17-6-10-2-4-11(5-3-10)7-19-9-13(14,15)16/h2-5H,6-9H2,1H3,(H,17,18).